The summed E-state index contributed by atoms with van der Waals surface area (Å²) in [5.74, 6) is -1.03. The van der Waals surface area contributed by atoms with Crippen molar-refractivity contribution in [1.82, 2.24) is 0 Å². The summed E-state index contributed by atoms with van der Waals surface area (Å²) in [5.41, 5.74) is 0.693. The molecule has 0 aliphatic rings. The van der Waals surface area contributed by atoms with E-state index in [-0.39, 0.29) is 0 Å². The van der Waals surface area contributed by atoms with Crippen molar-refractivity contribution in [3.05, 3.63) is 24.3 Å². The molecule has 4 nitrogen and oxygen atoms in total. The molecular weight excluding hydrogens is 352 g/mol. The van der Waals surface area contributed by atoms with Crippen molar-refractivity contribution < 1.29 is 19.8 Å². The Balaban J connectivity index is 0. The van der Waals surface area contributed by atoms with Gasteiger partial charge in [0.25, 0.3) is 0 Å². The maximum atomic E-state index is 10.5. The van der Waals surface area contributed by atoms with Crippen molar-refractivity contribution in [1.29, 1.82) is 0 Å². The number of rotatable bonds is 17. The quantitative estimate of drug-likeness (QED) is 0.198. The maximum absolute atomic E-state index is 10.5. The summed E-state index contributed by atoms with van der Waals surface area (Å²) in [5, 5.41) is 17.2. The number of hydrogen-bond acceptors (Lipinski definition) is 2. The highest BCUT2D eigenvalue weighted by Crippen LogP contribution is 2.20. The van der Waals surface area contributed by atoms with Crippen molar-refractivity contribution in [2.45, 2.75) is 111 Å². The van der Waals surface area contributed by atoms with Crippen molar-refractivity contribution in [3.8, 4) is 0 Å². The molecule has 0 saturated heterocycles. The van der Waals surface area contributed by atoms with E-state index in [0.29, 0.717) is 29.9 Å². The minimum atomic E-state index is -0.852. The second-order valence-electron chi connectivity index (χ2n) is 7.64. The highest BCUT2D eigenvalue weighted by atomic mass is 16.4. The van der Waals surface area contributed by atoms with Crippen LogP contribution < -0.4 is 0 Å². The van der Waals surface area contributed by atoms with Gasteiger partial charge < -0.3 is 10.2 Å². The Morgan fingerprint density at radius 2 is 1.14 bits per heavy atom. The molecule has 0 aliphatic heterocycles. The van der Waals surface area contributed by atoms with E-state index in [1.807, 2.05) is 0 Å². The average Bonchev–Trinajstić information content (AvgIpc) is 2.67. The Hall–Kier alpha value is -1.58. The second kappa shape index (κ2) is 20.2. The van der Waals surface area contributed by atoms with Crippen molar-refractivity contribution in [2.24, 2.45) is 5.92 Å². The Bertz CT molecular complexity index is 440. The maximum Gasteiger partial charge on any atom is 0.330 e. The lowest BCUT2D eigenvalue weighted by Crippen LogP contribution is -2.04. The van der Waals surface area contributed by atoms with E-state index < -0.39 is 11.9 Å². The zero-order chi connectivity index (χ0) is 21.8. The van der Waals surface area contributed by atoms with E-state index in [1.165, 1.54) is 51.4 Å². The fourth-order valence-corrected chi connectivity index (χ4v) is 2.93. The van der Waals surface area contributed by atoms with Crippen LogP contribution in [0.4, 0.5) is 0 Å². The second-order valence-corrected chi connectivity index (χ2v) is 7.64. The number of unbranched alkanes of at least 4 members (excludes halogenated alkanes) is 7. The molecule has 0 heterocycles. The molecule has 1 atom stereocenters. The standard InChI is InChI=1S/2C12H22O2/c1-4-6-7-11(5-2)9-8-10(3)12(13)14;1-3-4-5-6-7-8-9-10-11(2)12(13)14/h11H,3-9H2,1-2H3,(H,13,14);2-10H2,1H3,(H,13,14). The molecule has 0 aromatic rings. The molecule has 0 radical (unpaired) electrons. The topological polar surface area (TPSA) is 74.6 Å². The Morgan fingerprint density at radius 1 is 0.679 bits per heavy atom. The van der Waals surface area contributed by atoms with Crippen LogP contribution in [0.3, 0.4) is 0 Å². The van der Waals surface area contributed by atoms with Crippen LogP contribution in [0, 0.1) is 5.92 Å². The van der Waals surface area contributed by atoms with Crippen LogP contribution in [0.5, 0.6) is 0 Å². The lowest BCUT2D eigenvalue weighted by atomic mass is 9.93. The van der Waals surface area contributed by atoms with Gasteiger partial charge in [-0.15, -0.1) is 0 Å². The van der Waals surface area contributed by atoms with Crippen LogP contribution in [0.15, 0.2) is 24.3 Å². The summed E-state index contributed by atoms with van der Waals surface area (Å²) in [7, 11) is 0. The van der Waals surface area contributed by atoms with Gasteiger partial charge in [0.1, 0.15) is 0 Å². The van der Waals surface area contributed by atoms with E-state index in [4.69, 9.17) is 10.2 Å². The van der Waals surface area contributed by atoms with Crippen LogP contribution in [0.25, 0.3) is 0 Å². The predicted molar refractivity (Wildman–Crippen MR) is 119 cm³/mol. The molecule has 0 aliphatic carbocycles. The van der Waals surface area contributed by atoms with Gasteiger partial charge in [0.15, 0.2) is 0 Å². The van der Waals surface area contributed by atoms with E-state index in [9.17, 15) is 9.59 Å². The predicted octanol–water partition coefficient (Wildman–Crippen LogP) is 7.39. The van der Waals surface area contributed by atoms with Gasteiger partial charge in [-0.2, -0.15) is 0 Å². The van der Waals surface area contributed by atoms with Gasteiger partial charge >= 0.3 is 11.9 Å². The van der Waals surface area contributed by atoms with Crippen LogP contribution in [-0.2, 0) is 9.59 Å². The first-order valence-corrected chi connectivity index (χ1v) is 11.1. The van der Waals surface area contributed by atoms with Crippen LogP contribution in [0.2, 0.25) is 0 Å². The fraction of sp³-hybridized carbons (Fsp3) is 0.750. The highest BCUT2D eigenvalue weighted by Gasteiger charge is 2.09. The minimum Gasteiger partial charge on any atom is -0.478 e. The normalized spacial score (nSPS) is 11.2. The monoisotopic (exact) mass is 396 g/mol. The van der Waals surface area contributed by atoms with Gasteiger partial charge in [-0.3, -0.25) is 0 Å². The number of carbonyl (C=O) groups is 2. The summed E-state index contributed by atoms with van der Waals surface area (Å²) >= 11 is 0. The van der Waals surface area contributed by atoms with Crippen LogP contribution in [-0.4, -0.2) is 22.2 Å². The molecule has 0 fully saturated rings. The summed E-state index contributed by atoms with van der Waals surface area (Å²) < 4.78 is 0. The lowest BCUT2D eigenvalue weighted by molar-refractivity contribution is -0.133. The number of carboxylic acid groups (broad SMARTS) is 2. The molecule has 0 amide bonds. The third-order valence-corrected chi connectivity index (χ3v) is 5.08. The molecule has 28 heavy (non-hydrogen) atoms. The first-order valence-electron chi connectivity index (χ1n) is 11.1. The van der Waals surface area contributed by atoms with Crippen LogP contribution in [0.1, 0.15) is 111 Å². The zero-order valence-electron chi connectivity index (χ0n) is 18.6. The van der Waals surface area contributed by atoms with E-state index in [2.05, 4.69) is 33.9 Å². The molecule has 0 rings (SSSR count). The molecule has 0 saturated carbocycles. The van der Waals surface area contributed by atoms with Crippen molar-refractivity contribution in [2.75, 3.05) is 0 Å². The summed E-state index contributed by atoms with van der Waals surface area (Å²) in [6.07, 6.45) is 15.6. The lowest BCUT2D eigenvalue weighted by Gasteiger charge is -2.13. The van der Waals surface area contributed by atoms with Gasteiger partial charge in [-0.25, -0.2) is 9.59 Å². The third-order valence-electron chi connectivity index (χ3n) is 5.08. The molecule has 0 bridgehead atoms. The average molecular weight is 397 g/mol. The smallest absolute Gasteiger partial charge is 0.330 e. The molecule has 0 spiro atoms. The molecular formula is C24H44O4. The van der Waals surface area contributed by atoms with Crippen molar-refractivity contribution in [3.63, 3.8) is 0 Å². The Labute approximate surface area is 173 Å². The molecule has 0 aromatic carbocycles. The zero-order valence-corrected chi connectivity index (χ0v) is 18.6. The van der Waals surface area contributed by atoms with Gasteiger partial charge in [0.05, 0.1) is 0 Å². The number of aliphatic carboxylic acids is 2. The highest BCUT2D eigenvalue weighted by molar-refractivity contribution is 5.85. The van der Waals surface area contributed by atoms with Gasteiger partial charge in [-0.05, 0) is 31.6 Å². The van der Waals surface area contributed by atoms with Gasteiger partial charge in [0.2, 0.25) is 0 Å². The van der Waals surface area contributed by atoms with Crippen LogP contribution >= 0.6 is 0 Å². The van der Waals surface area contributed by atoms with E-state index >= 15 is 0 Å². The first kappa shape index (κ1) is 28.6. The largest absolute Gasteiger partial charge is 0.478 e. The Morgan fingerprint density at radius 3 is 1.61 bits per heavy atom. The summed E-state index contributed by atoms with van der Waals surface area (Å²) in [4.78, 5) is 20.9. The number of carboxylic acids is 2. The van der Waals surface area contributed by atoms with Gasteiger partial charge in [0, 0.05) is 11.1 Å². The van der Waals surface area contributed by atoms with Gasteiger partial charge in [-0.1, -0.05) is 98.1 Å². The number of hydrogen-bond donors (Lipinski definition) is 2. The third kappa shape index (κ3) is 19.2. The SMILES string of the molecule is C=C(CCC(CC)CCCC)C(=O)O.C=C(CCCCCCCCC)C(=O)O. The molecule has 1 unspecified atom stereocenters. The molecule has 164 valence electrons. The summed E-state index contributed by atoms with van der Waals surface area (Å²) in [6.45, 7) is 13.6. The summed E-state index contributed by atoms with van der Waals surface area (Å²) in [6, 6.07) is 0. The first-order chi connectivity index (χ1) is 13.3. The Kier molecular flexibility index (Phi) is 20.6. The molecule has 2 N–H and O–H groups in total. The molecule has 4 heteroatoms. The van der Waals surface area contributed by atoms with Crippen molar-refractivity contribution >= 4 is 11.9 Å². The molecule has 0 aromatic heterocycles. The van der Waals surface area contributed by atoms with E-state index in [0.717, 1.165) is 25.7 Å². The fourth-order valence-electron chi connectivity index (χ4n) is 2.93. The van der Waals surface area contributed by atoms with E-state index in [1.54, 1.807) is 0 Å². The minimum absolute atomic E-state index is 0.346.